The van der Waals surface area contributed by atoms with Crippen molar-refractivity contribution in [2.75, 3.05) is 13.2 Å². The number of unbranched alkanes of at least 4 members (excludes halogenated alkanes) is 18. The summed E-state index contributed by atoms with van der Waals surface area (Å²) in [5.41, 5.74) is -2.32. The van der Waals surface area contributed by atoms with Crippen LogP contribution >= 0.6 is 17.9 Å². The first-order valence-electron chi connectivity index (χ1n) is 12.7. The van der Waals surface area contributed by atoms with Crippen molar-refractivity contribution in [2.45, 2.75) is 142 Å². The van der Waals surface area contributed by atoms with Gasteiger partial charge in [0.05, 0.1) is 13.2 Å². The van der Waals surface area contributed by atoms with Crippen LogP contribution in [0.3, 0.4) is 0 Å². The van der Waals surface area contributed by atoms with Gasteiger partial charge in [0.2, 0.25) is 5.69 Å². The van der Waals surface area contributed by atoms with E-state index in [1.807, 2.05) is 0 Å². The first-order valence-corrected chi connectivity index (χ1v) is 16.5. The molecule has 2 nitrogen and oxygen atoms in total. The fourth-order valence-electron chi connectivity index (χ4n) is 3.58. The average Bonchev–Trinajstić information content (AvgIpc) is 2.70. The van der Waals surface area contributed by atoms with Crippen LogP contribution in [0.25, 0.3) is 0 Å². The second kappa shape index (κ2) is 27.1. The topological polar surface area (TPSA) is 18.5 Å². The monoisotopic (exact) mass is 580 g/mol. The molecule has 0 amide bonds. The van der Waals surface area contributed by atoms with E-state index < -0.39 is 5.69 Å². The molecule has 6 heteroatoms. The van der Waals surface area contributed by atoms with Crippen molar-refractivity contribution >= 4 is 29.7 Å². The van der Waals surface area contributed by atoms with Gasteiger partial charge in [-0.25, -0.2) is 0 Å². The Hall–Kier alpha value is 1.84. The van der Waals surface area contributed by atoms with E-state index in [1.165, 1.54) is 116 Å². The first kappa shape index (κ1) is 34.0. The molecule has 30 heavy (non-hydrogen) atoms. The van der Waals surface area contributed by atoms with Gasteiger partial charge in [0, 0.05) is 27.3 Å². The third-order valence-electron chi connectivity index (χ3n) is 5.50. The van der Waals surface area contributed by atoms with Crippen molar-refractivity contribution in [3.63, 3.8) is 0 Å². The normalized spacial score (nSPS) is 11.6. The third-order valence-corrected chi connectivity index (χ3v) is 7.85. The number of hydrogen-bond acceptors (Lipinski definition) is 3. The summed E-state index contributed by atoms with van der Waals surface area (Å²) >= 11 is 9.88. The van der Waals surface area contributed by atoms with Gasteiger partial charge in [-0.15, -0.1) is 0 Å². The summed E-state index contributed by atoms with van der Waals surface area (Å²) in [5, 5.41) is 0. The predicted molar refractivity (Wildman–Crippen MR) is 139 cm³/mol. The molecule has 178 valence electrons. The standard InChI is InChI=1S/C24H51O2PS2.Cd/c1-3-5-7-9-11-13-15-17-19-21-23-25-27(28,29)26-24-22-20-18-16-14-12-10-8-6-4-2;/h3-24H2,1-2H3,(H,28,29);. The minimum absolute atomic E-state index is 0. The quantitative estimate of drug-likeness (QED) is 0.0532. The van der Waals surface area contributed by atoms with Crippen molar-refractivity contribution in [3.05, 3.63) is 0 Å². The molecule has 0 aromatic heterocycles. The zero-order valence-corrected chi connectivity index (χ0v) is 27.0. The SMILES string of the molecule is CCCCCCCCCCCCOP(=S)(S)OCCCCCCCCCCCC.[Cd]. The summed E-state index contributed by atoms with van der Waals surface area (Å²) in [7, 11) is 0. The molecule has 0 aromatic rings. The fraction of sp³-hybridized carbons (Fsp3) is 1.00. The Balaban J connectivity index is 0. The fourth-order valence-corrected chi connectivity index (χ4v) is 5.31. The van der Waals surface area contributed by atoms with Gasteiger partial charge < -0.3 is 9.05 Å². The van der Waals surface area contributed by atoms with Crippen LogP contribution in [0, 0.1) is 0 Å². The third kappa shape index (κ3) is 27.9. The molecule has 0 spiro atoms. The van der Waals surface area contributed by atoms with E-state index >= 15 is 0 Å². The Kier molecular flexibility index (Phi) is 30.7. The minimum atomic E-state index is -2.32. The Labute approximate surface area is 220 Å². The van der Waals surface area contributed by atoms with E-state index in [9.17, 15) is 0 Å². The Morgan fingerprint density at radius 2 is 0.733 bits per heavy atom. The van der Waals surface area contributed by atoms with Gasteiger partial charge in [-0.05, 0) is 24.6 Å². The molecule has 0 N–H and O–H groups in total. The Bertz CT molecular complexity index is 343. The molecule has 0 saturated heterocycles. The maximum Gasteiger partial charge on any atom is 0.244 e. The zero-order chi connectivity index (χ0) is 21.5. The second-order valence-corrected chi connectivity index (χ2v) is 13.8. The van der Waals surface area contributed by atoms with Gasteiger partial charge in [0.1, 0.15) is 0 Å². The minimum Gasteiger partial charge on any atom is -0.322 e. The van der Waals surface area contributed by atoms with Gasteiger partial charge in [0.15, 0.2) is 0 Å². The molecule has 0 fully saturated rings. The molecule has 0 aliphatic heterocycles. The van der Waals surface area contributed by atoms with Crippen LogP contribution in [-0.2, 0) is 48.2 Å². The van der Waals surface area contributed by atoms with Crippen LogP contribution in [0.2, 0.25) is 0 Å². The van der Waals surface area contributed by atoms with E-state index in [0.29, 0.717) is 13.2 Å². The summed E-state index contributed by atoms with van der Waals surface area (Å²) in [6.45, 7) is 5.95. The second-order valence-electron chi connectivity index (χ2n) is 8.50. The van der Waals surface area contributed by atoms with Crippen LogP contribution in [0.15, 0.2) is 0 Å². The van der Waals surface area contributed by atoms with Crippen molar-refractivity contribution < 1.29 is 36.3 Å². The van der Waals surface area contributed by atoms with Crippen molar-refractivity contribution in [3.8, 4) is 0 Å². The molecular formula is C24H51CdO2PS2. The van der Waals surface area contributed by atoms with Gasteiger partial charge >= 0.3 is 0 Å². The maximum absolute atomic E-state index is 5.76. The van der Waals surface area contributed by atoms with Crippen molar-refractivity contribution in [1.82, 2.24) is 0 Å². The van der Waals surface area contributed by atoms with Crippen LogP contribution < -0.4 is 0 Å². The molecule has 0 radical (unpaired) electrons. The summed E-state index contributed by atoms with van der Waals surface area (Å²) in [6.07, 6.45) is 26.7. The number of hydrogen-bond donors (Lipinski definition) is 1. The molecule has 0 atom stereocenters. The molecule has 0 bridgehead atoms. The first-order chi connectivity index (χ1) is 14.1. The van der Waals surface area contributed by atoms with Gasteiger partial charge in [-0.1, -0.05) is 142 Å². The van der Waals surface area contributed by atoms with E-state index in [1.54, 1.807) is 0 Å². The summed E-state index contributed by atoms with van der Waals surface area (Å²) in [6, 6.07) is 0. The van der Waals surface area contributed by atoms with Gasteiger partial charge in [0.25, 0.3) is 0 Å². The molecular weight excluding hydrogens is 528 g/mol. The Morgan fingerprint density at radius 1 is 0.500 bits per heavy atom. The van der Waals surface area contributed by atoms with E-state index in [4.69, 9.17) is 20.9 Å². The predicted octanol–water partition coefficient (Wildman–Crippen LogP) is 10.0. The van der Waals surface area contributed by atoms with Gasteiger partial charge in [-0.3, -0.25) is 0 Å². The van der Waals surface area contributed by atoms with E-state index in [2.05, 4.69) is 26.1 Å². The summed E-state index contributed by atoms with van der Waals surface area (Å²) < 4.78 is 11.5. The molecule has 0 heterocycles. The molecule has 0 saturated carbocycles. The molecule has 0 unspecified atom stereocenters. The van der Waals surface area contributed by atoms with Crippen molar-refractivity contribution in [1.29, 1.82) is 0 Å². The van der Waals surface area contributed by atoms with Crippen LogP contribution in [0.4, 0.5) is 0 Å². The van der Waals surface area contributed by atoms with E-state index in [0.717, 1.165) is 12.8 Å². The van der Waals surface area contributed by atoms with Crippen molar-refractivity contribution in [2.24, 2.45) is 0 Å². The number of thiol groups is 1. The Morgan fingerprint density at radius 3 is 1.00 bits per heavy atom. The largest absolute Gasteiger partial charge is 0.322 e. The summed E-state index contributed by atoms with van der Waals surface area (Å²) in [5.74, 6) is 0. The van der Waals surface area contributed by atoms with E-state index in [-0.39, 0.29) is 27.3 Å². The number of rotatable bonds is 24. The average molecular weight is 579 g/mol. The molecule has 0 aliphatic rings. The molecule has 0 aliphatic carbocycles. The summed E-state index contributed by atoms with van der Waals surface area (Å²) in [4.78, 5) is 0. The zero-order valence-electron chi connectivity index (χ0n) is 20.4. The molecule has 0 aromatic carbocycles. The van der Waals surface area contributed by atoms with Crippen LogP contribution in [0.1, 0.15) is 142 Å². The maximum atomic E-state index is 5.76. The van der Waals surface area contributed by atoms with Crippen LogP contribution in [0.5, 0.6) is 0 Å². The van der Waals surface area contributed by atoms with Gasteiger partial charge in [-0.2, -0.15) is 0 Å². The van der Waals surface area contributed by atoms with Crippen LogP contribution in [-0.4, -0.2) is 13.2 Å². The molecule has 0 rings (SSSR count). The smallest absolute Gasteiger partial charge is 0.244 e.